The molecule has 1 fully saturated rings. The molecule has 0 bridgehead atoms. The molecular formula is C28H39N3O5S. The molecule has 202 valence electrons. The minimum atomic E-state index is -3.80. The van der Waals surface area contributed by atoms with E-state index in [2.05, 4.69) is 5.32 Å². The molecule has 1 atom stereocenters. The Labute approximate surface area is 221 Å². The Balaban J connectivity index is 1.93. The summed E-state index contributed by atoms with van der Waals surface area (Å²) >= 11 is 0. The molecule has 0 aromatic heterocycles. The Bertz CT molecular complexity index is 1180. The number of anilines is 1. The molecule has 0 spiro atoms. The van der Waals surface area contributed by atoms with Gasteiger partial charge >= 0.3 is 0 Å². The summed E-state index contributed by atoms with van der Waals surface area (Å²) in [5, 5.41) is 3.15. The standard InChI is InChI=1S/C28H39N3O5S/c1-5-26(28(33)29-23-14-7-6-8-15-23)30(19-22-13-10-9-12-21(22)2)27(32)20-31(37(4,34)35)24-16-11-17-25(18-24)36-3/h9-13,16-18,23,26H,5-8,14-15,19-20H2,1-4H3,(H,29,33)/t26-/m1/s1. The van der Waals surface area contributed by atoms with Gasteiger partial charge in [0.25, 0.3) is 0 Å². The molecule has 37 heavy (non-hydrogen) atoms. The largest absolute Gasteiger partial charge is 0.497 e. The summed E-state index contributed by atoms with van der Waals surface area (Å²) in [7, 11) is -2.30. The van der Waals surface area contributed by atoms with Gasteiger partial charge in [-0.3, -0.25) is 13.9 Å². The van der Waals surface area contributed by atoms with E-state index in [-0.39, 0.29) is 18.5 Å². The Morgan fingerprint density at radius 2 is 1.78 bits per heavy atom. The average Bonchev–Trinajstić information content (AvgIpc) is 2.88. The summed E-state index contributed by atoms with van der Waals surface area (Å²) in [6, 6.07) is 13.7. The minimum absolute atomic E-state index is 0.106. The monoisotopic (exact) mass is 529 g/mol. The molecule has 0 saturated heterocycles. The first kappa shape index (κ1) is 28.5. The highest BCUT2D eigenvalue weighted by atomic mass is 32.2. The molecular weight excluding hydrogens is 490 g/mol. The van der Waals surface area contributed by atoms with E-state index in [1.54, 1.807) is 24.3 Å². The van der Waals surface area contributed by atoms with Gasteiger partial charge in [-0.1, -0.05) is 56.5 Å². The number of carbonyl (C=O) groups excluding carboxylic acids is 2. The summed E-state index contributed by atoms with van der Waals surface area (Å²) in [4.78, 5) is 28.8. The highest BCUT2D eigenvalue weighted by Gasteiger charge is 2.33. The van der Waals surface area contributed by atoms with Crippen LogP contribution in [0.1, 0.15) is 56.6 Å². The maximum absolute atomic E-state index is 13.8. The fourth-order valence-corrected chi connectivity index (χ4v) is 5.66. The minimum Gasteiger partial charge on any atom is -0.497 e. The van der Waals surface area contributed by atoms with Crippen molar-refractivity contribution in [3.05, 3.63) is 59.7 Å². The van der Waals surface area contributed by atoms with Crippen molar-refractivity contribution in [2.24, 2.45) is 0 Å². The Morgan fingerprint density at radius 1 is 1.08 bits per heavy atom. The van der Waals surface area contributed by atoms with Crippen LogP contribution in [0, 0.1) is 6.92 Å². The lowest BCUT2D eigenvalue weighted by Gasteiger charge is -2.34. The summed E-state index contributed by atoms with van der Waals surface area (Å²) in [5.74, 6) is -0.153. The molecule has 0 heterocycles. The van der Waals surface area contributed by atoms with Crippen LogP contribution in [-0.2, 0) is 26.2 Å². The topological polar surface area (TPSA) is 96.0 Å². The number of nitrogens with one attached hydrogen (secondary N) is 1. The molecule has 0 aliphatic heterocycles. The predicted octanol–water partition coefficient (Wildman–Crippen LogP) is 4.03. The summed E-state index contributed by atoms with van der Waals surface area (Å²) in [6.07, 6.45) is 6.69. The lowest BCUT2D eigenvalue weighted by molar-refractivity contribution is -0.140. The van der Waals surface area contributed by atoms with Crippen molar-refractivity contribution in [3.8, 4) is 5.75 Å². The van der Waals surface area contributed by atoms with Gasteiger partial charge in [-0.2, -0.15) is 0 Å². The smallest absolute Gasteiger partial charge is 0.244 e. The van der Waals surface area contributed by atoms with Crippen LogP contribution in [-0.4, -0.2) is 57.1 Å². The molecule has 2 aromatic rings. The van der Waals surface area contributed by atoms with Crippen molar-refractivity contribution in [2.75, 3.05) is 24.2 Å². The second-order valence-corrected chi connectivity index (χ2v) is 11.6. The van der Waals surface area contributed by atoms with E-state index in [9.17, 15) is 18.0 Å². The lowest BCUT2D eigenvalue weighted by Crippen LogP contribution is -2.54. The SMILES string of the molecule is CC[C@H](C(=O)NC1CCCCC1)N(Cc1ccccc1C)C(=O)CN(c1cccc(OC)c1)S(C)(=O)=O. The fourth-order valence-electron chi connectivity index (χ4n) is 4.81. The Hall–Kier alpha value is -3.07. The van der Waals surface area contributed by atoms with E-state index in [0.29, 0.717) is 17.9 Å². The molecule has 9 heteroatoms. The number of hydrogen-bond acceptors (Lipinski definition) is 5. The van der Waals surface area contributed by atoms with Crippen molar-refractivity contribution < 1.29 is 22.7 Å². The molecule has 0 radical (unpaired) electrons. The summed E-state index contributed by atoms with van der Waals surface area (Å²) < 4.78 is 31.9. The number of aryl methyl sites for hydroxylation is 1. The first-order valence-corrected chi connectivity index (χ1v) is 14.7. The Morgan fingerprint density at radius 3 is 2.41 bits per heavy atom. The molecule has 1 aliphatic rings. The second kappa shape index (κ2) is 12.9. The summed E-state index contributed by atoms with van der Waals surface area (Å²) in [6.45, 7) is 3.61. The van der Waals surface area contributed by atoms with Gasteiger partial charge in [0.1, 0.15) is 18.3 Å². The molecule has 2 aromatic carbocycles. The predicted molar refractivity (Wildman–Crippen MR) is 146 cm³/mol. The van der Waals surface area contributed by atoms with Crippen LogP contribution < -0.4 is 14.4 Å². The third kappa shape index (κ3) is 7.71. The van der Waals surface area contributed by atoms with Crippen LogP contribution in [0.2, 0.25) is 0 Å². The lowest BCUT2D eigenvalue weighted by atomic mass is 9.95. The van der Waals surface area contributed by atoms with Crippen molar-refractivity contribution in [3.63, 3.8) is 0 Å². The van der Waals surface area contributed by atoms with E-state index in [0.717, 1.165) is 47.4 Å². The van der Waals surface area contributed by atoms with E-state index < -0.39 is 28.5 Å². The fraction of sp³-hybridized carbons (Fsp3) is 0.500. The van der Waals surface area contributed by atoms with Gasteiger partial charge in [0, 0.05) is 18.7 Å². The van der Waals surface area contributed by atoms with Gasteiger partial charge < -0.3 is 15.0 Å². The number of ether oxygens (including phenoxy) is 1. The van der Waals surface area contributed by atoms with Crippen molar-refractivity contribution >= 4 is 27.5 Å². The molecule has 3 rings (SSSR count). The van der Waals surface area contributed by atoms with E-state index in [4.69, 9.17) is 4.74 Å². The molecule has 8 nitrogen and oxygen atoms in total. The van der Waals surface area contributed by atoms with Crippen molar-refractivity contribution in [1.29, 1.82) is 0 Å². The number of benzene rings is 2. The molecule has 0 unspecified atom stereocenters. The maximum Gasteiger partial charge on any atom is 0.244 e. The number of hydrogen-bond donors (Lipinski definition) is 1. The first-order valence-electron chi connectivity index (χ1n) is 12.9. The zero-order valence-corrected chi connectivity index (χ0v) is 23.1. The highest BCUT2D eigenvalue weighted by molar-refractivity contribution is 7.92. The van der Waals surface area contributed by atoms with Crippen LogP contribution in [0.3, 0.4) is 0 Å². The van der Waals surface area contributed by atoms with Gasteiger partial charge in [0.2, 0.25) is 21.8 Å². The number of nitrogens with zero attached hydrogens (tertiary/aromatic N) is 2. The van der Waals surface area contributed by atoms with Gasteiger partial charge in [0.15, 0.2) is 0 Å². The Kier molecular flexibility index (Phi) is 9.97. The highest BCUT2D eigenvalue weighted by Crippen LogP contribution is 2.25. The van der Waals surface area contributed by atoms with Crippen LogP contribution in [0.15, 0.2) is 48.5 Å². The van der Waals surface area contributed by atoms with Gasteiger partial charge in [-0.05, 0) is 49.4 Å². The van der Waals surface area contributed by atoms with Gasteiger partial charge in [-0.15, -0.1) is 0 Å². The third-order valence-electron chi connectivity index (χ3n) is 6.96. The zero-order valence-electron chi connectivity index (χ0n) is 22.3. The molecule has 1 saturated carbocycles. The number of amides is 2. The quantitative estimate of drug-likeness (QED) is 0.474. The van der Waals surface area contributed by atoms with Crippen molar-refractivity contribution in [1.82, 2.24) is 10.2 Å². The number of rotatable bonds is 11. The van der Waals surface area contributed by atoms with Crippen LogP contribution in [0.5, 0.6) is 5.75 Å². The average molecular weight is 530 g/mol. The van der Waals surface area contributed by atoms with E-state index >= 15 is 0 Å². The van der Waals surface area contributed by atoms with Crippen LogP contribution in [0.25, 0.3) is 0 Å². The normalized spacial score (nSPS) is 15.0. The zero-order chi connectivity index (χ0) is 27.0. The van der Waals surface area contributed by atoms with Crippen molar-refractivity contribution in [2.45, 2.75) is 71.0 Å². The van der Waals surface area contributed by atoms with Gasteiger partial charge in [-0.25, -0.2) is 8.42 Å². The molecule has 1 aliphatic carbocycles. The number of methoxy groups -OCH3 is 1. The van der Waals surface area contributed by atoms with Crippen LogP contribution in [0.4, 0.5) is 5.69 Å². The van der Waals surface area contributed by atoms with Crippen LogP contribution >= 0.6 is 0 Å². The van der Waals surface area contributed by atoms with E-state index in [1.807, 2.05) is 38.1 Å². The second-order valence-electron chi connectivity index (χ2n) is 9.69. The molecule has 2 amide bonds. The summed E-state index contributed by atoms with van der Waals surface area (Å²) in [5.41, 5.74) is 2.23. The maximum atomic E-state index is 13.8. The molecule has 1 N–H and O–H groups in total. The van der Waals surface area contributed by atoms with Gasteiger partial charge in [0.05, 0.1) is 19.1 Å². The third-order valence-corrected chi connectivity index (χ3v) is 8.10. The number of sulfonamides is 1. The first-order chi connectivity index (χ1) is 17.6. The number of carbonyl (C=O) groups is 2. The van der Waals surface area contributed by atoms with E-state index in [1.165, 1.54) is 18.4 Å².